The molecule has 4 nitrogen and oxygen atoms in total. The van der Waals surface area contributed by atoms with Crippen LogP contribution in [0.5, 0.6) is 0 Å². The van der Waals surface area contributed by atoms with Crippen molar-refractivity contribution in [2.24, 2.45) is 0 Å². The van der Waals surface area contributed by atoms with Crippen molar-refractivity contribution in [1.82, 2.24) is 4.98 Å². The van der Waals surface area contributed by atoms with Crippen LogP contribution >= 0.6 is 0 Å². The van der Waals surface area contributed by atoms with Crippen molar-refractivity contribution in [1.29, 1.82) is 5.26 Å². The number of ether oxygens (including phenoxy) is 1. The zero-order valence-electron chi connectivity index (χ0n) is 12.0. The number of aromatic amines is 1. The van der Waals surface area contributed by atoms with Crippen molar-refractivity contribution < 1.29 is 9.53 Å². The molecule has 0 bridgehead atoms. The molecule has 21 heavy (non-hydrogen) atoms. The highest BCUT2D eigenvalue weighted by Gasteiger charge is 2.19. The van der Waals surface area contributed by atoms with Gasteiger partial charge in [0, 0.05) is 11.8 Å². The molecular formula is C17H16N2O2. The van der Waals surface area contributed by atoms with E-state index >= 15 is 0 Å². The summed E-state index contributed by atoms with van der Waals surface area (Å²) < 4.78 is 5.02. The van der Waals surface area contributed by atoms with Crippen molar-refractivity contribution in [3.05, 3.63) is 58.9 Å². The smallest absolute Gasteiger partial charge is 0.355 e. The Morgan fingerprint density at radius 1 is 1.38 bits per heavy atom. The van der Waals surface area contributed by atoms with Crippen LogP contribution in [0.1, 0.15) is 41.0 Å². The molecule has 0 saturated heterocycles. The monoisotopic (exact) mass is 280 g/mol. The minimum atomic E-state index is -0.449. The molecule has 1 heterocycles. The zero-order valence-corrected chi connectivity index (χ0v) is 12.0. The van der Waals surface area contributed by atoms with Gasteiger partial charge < -0.3 is 9.72 Å². The van der Waals surface area contributed by atoms with E-state index in [2.05, 4.69) is 11.1 Å². The highest BCUT2D eigenvalue weighted by atomic mass is 16.5. The quantitative estimate of drug-likeness (QED) is 0.870. The van der Waals surface area contributed by atoms with Crippen molar-refractivity contribution in [3.8, 4) is 6.07 Å². The Morgan fingerprint density at radius 3 is 2.71 bits per heavy atom. The third-order valence-electron chi connectivity index (χ3n) is 3.06. The maximum atomic E-state index is 12.0. The average molecular weight is 280 g/mol. The van der Waals surface area contributed by atoms with E-state index in [1.165, 1.54) is 6.20 Å². The summed E-state index contributed by atoms with van der Waals surface area (Å²) in [4.78, 5) is 14.8. The molecule has 4 heteroatoms. The number of nitrogens with zero attached hydrogens (tertiary/aromatic N) is 1. The van der Waals surface area contributed by atoms with Crippen molar-refractivity contribution >= 4 is 17.6 Å². The first-order chi connectivity index (χ1) is 10.2. The third-order valence-corrected chi connectivity index (χ3v) is 3.06. The summed E-state index contributed by atoms with van der Waals surface area (Å²) in [5.41, 5.74) is 3.19. The lowest BCUT2D eigenvalue weighted by Gasteiger charge is -2.05. The third kappa shape index (κ3) is 3.21. The summed E-state index contributed by atoms with van der Waals surface area (Å²) in [6.45, 7) is 3.92. The Labute approximate surface area is 123 Å². The number of hydrogen-bond acceptors (Lipinski definition) is 3. The number of H-pyrrole nitrogens is 1. The van der Waals surface area contributed by atoms with Crippen LogP contribution in [0.4, 0.5) is 0 Å². The Hall–Kier alpha value is -2.80. The Morgan fingerprint density at radius 2 is 2.10 bits per heavy atom. The van der Waals surface area contributed by atoms with Crippen LogP contribution in [-0.4, -0.2) is 17.6 Å². The lowest BCUT2D eigenvalue weighted by atomic mass is 10.0. The number of nitrogens with one attached hydrogen (secondary N) is 1. The summed E-state index contributed by atoms with van der Waals surface area (Å²) in [5, 5.41) is 9.21. The Bertz CT molecular complexity index is 706. The highest BCUT2D eigenvalue weighted by molar-refractivity contribution is 5.97. The van der Waals surface area contributed by atoms with E-state index < -0.39 is 5.97 Å². The molecular weight excluding hydrogens is 264 g/mol. The standard InChI is InChI=1S/C17H16N2O2/c1-3-21-17(20)16-15(14(10-18)11-19-16)12(2)9-13-7-5-4-6-8-13/h4-9,11,19H,3H2,1-2H3/b12-9+. The first-order valence-corrected chi connectivity index (χ1v) is 6.69. The van der Waals surface area contributed by atoms with Crippen LogP contribution < -0.4 is 0 Å². The molecule has 0 aliphatic heterocycles. The van der Waals surface area contributed by atoms with E-state index in [4.69, 9.17) is 4.74 Å². The molecule has 2 rings (SSSR count). The highest BCUT2D eigenvalue weighted by Crippen LogP contribution is 2.25. The number of rotatable bonds is 4. The minimum Gasteiger partial charge on any atom is -0.461 e. The molecule has 0 saturated carbocycles. The van der Waals surface area contributed by atoms with Gasteiger partial charge in [0.05, 0.1) is 12.2 Å². The summed E-state index contributed by atoms with van der Waals surface area (Å²) in [5.74, 6) is -0.449. The number of carbonyl (C=O) groups excluding carboxylic acids is 1. The Balaban J connectivity index is 2.47. The van der Waals surface area contributed by atoms with Crippen molar-refractivity contribution in [2.75, 3.05) is 6.61 Å². The van der Waals surface area contributed by atoms with Gasteiger partial charge in [-0.3, -0.25) is 0 Å². The molecule has 0 aliphatic carbocycles. The minimum absolute atomic E-state index is 0.292. The molecule has 0 atom stereocenters. The fourth-order valence-electron chi connectivity index (χ4n) is 2.16. The van der Waals surface area contributed by atoms with Gasteiger partial charge in [0.15, 0.2) is 0 Å². The van der Waals surface area contributed by atoms with Gasteiger partial charge in [-0.1, -0.05) is 36.4 Å². The number of esters is 1. The van der Waals surface area contributed by atoms with Gasteiger partial charge >= 0.3 is 5.97 Å². The van der Waals surface area contributed by atoms with Gasteiger partial charge in [0.25, 0.3) is 0 Å². The number of nitriles is 1. The van der Waals surface area contributed by atoms with E-state index in [0.29, 0.717) is 23.4 Å². The fourth-order valence-corrected chi connectivity index (χ4v) is 2.16. The molecule has 1 N–H and O–H groups in total. The summed E-state index contributed by atoms with van der Waals surface area (Å²) in [6.07, 6.45) is 3.47. The van der Waals surface area contributed by atoms with Crippen molar-refractivity contribution in [3.63, 3.8) is 0 Å². The Kier molecular flexibility index (Phi) is 4.57. The molecule has 0 unspecified atom stereocenters. The molecule has 1 aromatic carbocycles. The maximum Gasteiger partial charge on any atom is 0.355 e. The van der Waals surface area contributed by atoms with Gasteiger partial charge in [-0.25, -0.2) is 4.79 Å². The zero-order chi connectivity index (χ0) is 15.2. The van der Waals surface area contributed by atoms with Gasteiger partial charge in [0.1, 0.15) is 11.8 Å². The average Bonchev–Trinajstić information content (AvgIpc) is 2.92. The molecule has 2 aromatic rings. The van der Waals surface area contributed by atoms with Crippen LogP contribution in [0.2, 0.25) is 0 Å². The molecule has 0 spiro atoms. The van der Waals surface area contributed by atoms with Gasteiger partial charge in [0.2, 0.25) is 0 Å². The molecule has 0 aliphatic rings. The second-order valence-corrected chi connectivity index (χ2v) is 4.52. The number of aromatic nitrogens is 1. The number of carbonyl (C=O) groups is 1. The second kappa shape index (κ2) is 6.58. The van der Waals surface area contributed by atoms with E-state index in [1.807, 2.05) is 43.3 Å². The maximum absolute atomic E-state index is 12.0. The predicted octanol–water partition coefficient (Wildman–Crippen LogP) is 3.62. The SMILES string of the molecule is CCOC(=O)c1[nH]cc(C#N)c1/C(C)=C/c1ccccc1. The van der Waals surface area contributed by atoms with Crippen LogP contribution in [0.25, 0.3) is 11.6 Å². The van der Waals surface area contributed by atoms with Gasteiger partial charge in [-0.15, -0.1) is 0 Å². The normalized spacial score (nSPS) is 11.0. The number of allylic oxidation sites excluding steroid dienone is 1. The second-order valence-electron chi connectivity index (χ2n) is 4.52. The van der Waals surface area contributed by atoms with Crippen LogP contribution in [0, 0.1) is 11.3 Å². The summed E-state index contributed by atoms with van der Waals surface area (Å²) >= 11 is 0. The van der Waals surface area contributed by atoms with Crippen LogP contribution in [-0.2, 0) is 4.74 Å². The van der Waals surface area contributed by atoms with Gasteiger partial charge in [-0.2, -0.15) is 5.26 Å². The molecule has 0 fully saturated rings. The molecule has 0 amide bonds. The molecule has 1 aromatic heterocycles. The van der Waals surface area contributed by atoms with E-state index in [1.54, 1.807) is 6.92 Å². The number of hydrogen-bond donors (Lipinski definition) is 1. The first-order valence-electron chi connectivity index (χ1n) is 6.69. The van der Waals surface area contributed by atoms with Crippen molar-refractivity contribution in [2.45, 2.75) is 13.8 Å². The molecule has 0 radical (unpaired) electrons. The largest absolute Gasteiger partial charge is 0.461 e. The van der Waals surface area contributed by atoms with Crippen LogP contribution in [0.3, 0.4) is 0 Å². The van der Waals surface area contributed by atoms with E-state index in [-0.39, 0.29) is 0 Å². The van der Waals surface area contributed by atoms with E-state index in [0.717, 1.165) is 11.1 Å². The lowest BCUT2D eigenvalue weighted by molar-refractivity contribution is 0.0520. The first kappa shape index (κ1) is 14.6. The predicted molar refractivity (Wildman–Crippen MR) is 81.5 cm³/mol. The van der Waals surface area contributed by atoms with E-state index in [9.17, 15) is 10.1 Å². The molecule has 106 valence electrons. The fraction of sp³-hybridized carbons (Fsp3) is 0.176. The lowest BCUT2D eigenvalue weighted by Crippen LogP contribution is -2.07. The topological polar surface area (TPSA) is 65.9 Å². The van der Waals surface area contributed by atoms with Crippen LogP contribution in [0.15, 0.2) is 36.5 Å². The summed E-state index contributed by atoms with van der Waals surface area (Å²) in [7, 11) is 0. The summed E-state index contributed by atoms with van der Waals surface area (Å²) in [6, 6.07) is 11.8. The van der Waals surface area contributed by atoms with Gasteiger partial charge in [-0.05, 0) is 25.0 Å². The number of benzene rings is 1.